The zero-order valence-electron chi connectivity index (χ0n) is 14.5. The summed E-state index contributed by atoms with van der Waals surface area (Å²) in [5, 5.41) is 10.3. The van der Waals surface area contributed by atoms with E-state index in [1.165, 1.54) is 19.2 Å². The Hall–Kier alpha value is -0.953. The van der Waals surface area contributed by atoms with Crippen molar-refractivity contribution in [1.29, 1.82) is 0 Å². The summed E-state index contributed by atoms with van der Waals surface area (Å²) in [6, 6.07) is 9.06. The first kappa shape index (κ1) is 20.1. The summed E-state index contributed by atoms with van der Waals surface area (Å²) in [5.41, 5.74) is -0.195. The molecule has 1 aromatic carbocycles. The standard InChI is InChI=1S/C17H28O4SSi/c1-14(13-23(3,4)5)11-12-16(18)17(21-2)22(19,20)15-9-7-6-8-10-15/h6-10,16-18H,1,11-13H2,2-5H3/t16-,17-/m1/s1. The van der Waals surface area contributed by atoms with E-state index in [2.05, 4.69) is 26.2 Å². The number of methoxy groups -OCH3 is 1. The Bertz CT molecular complexity index is 605. The van der Waals surface area contributed by atoms with E-state index in [-0.39, 0.29) is 4.90 Å². The van der Waals surface area contributed by atoms with Crippen molar-refractivity contribution in [3.63, 3.8) is 0 Å². The molecule has 2 atom stereocenters. The SMILES string of the molecule is C=C(CC[C@@H](O)[C@H](OC)S(=O)(=O)c1ccccc1)C[Si](C)(C)C. The molecule has 0 aliphatic carbocycles. The van der Waals surface area contributed by atoms with Gasteiger partial charge >= 0.3 is 0 Å². The fourth-order valence-electron chi connectivity index (χ4n) is 2.56. The number of allylic oxidation sites excluding steroid dienone is 1. The third-order valence-electron chi connectivity index (χ3n) is 3.50. The van der Waals surface area contributed by atoms with Gasteiger partial charge in [-0.1, -0.05) is 43.4 Å². The van der Waals surface area contributed by atoms with Crippen molar-refractivity contribution >= 4 is 17.9 Å². The molecule has 0 amide bonds. The van der Waals surface area contributed by atoms with Crippen molar-refractivity contribution in [2.24, 2.45) is 0 Å². The molecule has 1 rings (SSSR count). The van der Waals surface area contributed by atoms with Gasteiger partial charge in [0, 0.05) is 15.2 Å². The van der Waals surface area contributed by atoms with Crippen LogP contribution in [0.5, 0.6) is 0 Å². The molecule has 130 valence electrons. The number of aliphatic hydroxyl groups excluding tert-OH is 1. The summed E-state index contributed by atoms with van der Waals surface area (Å²) < 4.78 is 30.3. The minimum Gasteiger partial charge on any atom is -0.389 e. The average molecular weight is 357 g/mol. The third kappa shape index (κ3) is 6.22. The highest BCUT2D eigenvalue weighted by molar-refractivity contribution is 7.92. The first-order valence-corrected chi connectivity index (χ1v) is 13.0. The lowest BCUT2D eigenvalue weighted by Crippen LogP contribution is -2.36. The number of sulfone groups is 1. The van der Waals surface area contributed by atoms with Gasteiger partial charge in [-0.2, -0.15) is 0 Å². The van der Waals surface area contributed by atoms with Crippen molar-refractivity contribution in [2.75, 3.05) is 7.11 Å². The molecule has 0 aliphatic heterocycles. The lowest BCUT2D eigenvalue weighted by Gasteiger charge is -2.23. The molecule has 0 unspecified atom stereocenters. The van der Waals surface area contributed by atoms with Gasteiger partial charge in [-0.05, 0) is 31.0 Å². The topological polar surface area (TPSA) is 63.6 Å². The Morgan fingerprint density at radius 1 is 1.26 bits per heavy atom. The second-order valence-electron chi connectivity index (χ2n) is 7.06. The Balaban J connectivity index is 2.76. The van der Waals surface area contributed by atoms with Gasteiger partial charge in [-0.25, -0.2) is 8.42 Å². The second-order valence-corrected chi connectivity index (χ2v) is 14.6. The van der Waals surface area contributed by atoms with Crippen LogP contribution in [0.3, 0.4) is 0 Å². The van der Waals surface area contributed by atoms with Crippen molar-refractivity contribution in [2.45, 2.75) is 55.0 Å². The maximum Gasteiger partial charge on any atom is 0.207 e. The van der Waals surface area contributed by atoms with Gasteiger partial charge in [0.25, 0.3) is 0 Å². The Kier molecular flexibility index (Phi) is 7.19. The summed E-state index contributed by atoms with van der Waals surface area (Å²) in [5.74, 6) is 0. The first-order chi connectivity index (χ1) is 10.6. The molecule has 4 nitrogen and oxygen atoms in total. The number of benzene rings is 1. The Morgan fingerprint density at radius 2 is 1.83 bits per heavy atom. The maximum atomic E-state index is 12.6. The van der Waals surface area contributed by atoms with Crippen LogP contribution in [-0.4, -0.2) is 40.2 Å². The van der Waals surface area contributed by atoms with Crippen LogP contribution in [0.25, 0.3) is 0 Å². The molecule has 0 radical (unpaired) electrons. The quantitative estimate of drug-likeness (QED) is 0.543. The highest BCUT2D eigenvalue weighted by Crippen LogP contribution is 2.24. The predicted molar refractivity (Wildman–Crippen MR) is 97.0 cm³/mol. The third-order valence-corrected chi connectivity index (χ3v) is 7.11. The molecule has 23 heavy (non-hydrogen) atoms. The van der Waals surface area contributed by atoms with E-state index in [0.29, 0.717) is 12.8 Å². The first-order valence-electron chi connectivity index (χ1n) is 7.74. The van der Waals surface area contributed by atoms with Crippen molar-refractivity contribution in [3.8, 4) is 0 Å². The van der Waals surface area contributed by atoms with Crippen LogP contribution in [0, 0.1) is 0 Å². The summed E-state index contributed by atoms with van der Waals surface area (Å²) >= 11 is 0. The fraction of sp³-hybridized carbons (Fsp3) is 0.529. The van der Waals surface area contributed by atoms with Crippen molar-refractivity contribution in [3.05, 3.63) is 42.5 Å². The maximum absolute atomic E-state index is 12.6. The molecular weight excluding hydrogens is 328 g/mol. The molecule has 1 N–H and O–H groups in total. The normalized spacial score (nSPS) is 15.2. The number of hydrogen-bond acceptors (Lipinski definition) is 4. The largest absolute Gasteiger partial charge is 0.389 e. The van der Waals surface area contributed by atoms with Crippen LogP contribution < -0.4 is 0 Å². The van der Waals surface area contributed by atoms with Crippen LogP contribution in [0.15, 0.2) is 47.4 Å². The van der Waals surface area contributed by atoms with Crippen LogP contribution in [0.1, 0.15) is 12.8 Å². The average Bonchev–Trinajstić information content (AvgIpc) is 2.45. The van der Waals surface area contributed by atoms with E-state index >= 15 is 0 Å². The van der Waals surface area contributed by atoms with Crippen LogP contribution in [0.2, 0.25) is 25.7 Å². The second kappa shape index (κ2) is 8.24. The molecule has 6 heteroatoms. The van der Waals surface area contributed by atoms with E-state index < -0.39 is 29.5 Å². The van der Waals surface area contributed by atoms with Gasteiger partial charge in [0.2, 0.25) is 9.84 Å². The van der Waals surface area contributed by atoms with Gasteiger partial charge in [0.1, 0.15) is 0 Å². The number of ether oxygens (including phenoxy) is 1. The molecule has 0 spiro atoms. The van der Waals surface area contributed by atoms with Gasteiger partial charge in [0.05, 0.1) is 11.0 Å². The van der Waals surface area contributed by atoms with E-state index in [4.69, 9.17) is 4.74 Å². The molecule has 0 fully saturated rings. The number of hydrogen-bond donors (Lipinski definition) is 1. The molecule has 0 saturated carbocycles. The molecule has 1 aromatic rings. The molecule has 0 heterocycles. The predicted octanol–water partition coefficient (Wildman–Crippen LogP) is 3.47. The molecular formula is C17H28O4SSi. The van der Waals surface area contributed by atoms with Crippen LogP contribution >= 0.6 is 0 Å². The summed E-state index contributed by atoms with van der Waals surface area (Å²) in [6.07, 6.45) is -0.146. The summed E-state index contributed by atoms with van der Waals surface area (Å²) in [4.78, 5) is 0.159. The Labute approximate surface area is 141 Å². The molecule has 0 aliphatic rings. The Morgan fingerprint density at radius 3 is 2.30 bits per heavy atom. The minimum absolute atomic E-state index is 0.159. The van der Waals surface area contributed by atoms with E-state index in [0.717, 1.165) is 11.6 Å². The smallest absolute Gasteiger partial charge is 0.207 e. The monoisotopic (exact) mass is 356 g/mol. The summed E-state index contributed by atoms with van der Waals surface area (Å²) in [7, 11) is -3.66. The molecule has 0 saturated heterocycles. The number of rotatable bonds is 9. The van der Waals surface area contributed by atoms with Crippen molar-refractivity contribution < 1.29 is 18.3 Å². The number of aliphatic hydroxyl groups is 1. The van der Waals surface area contributed by atoms with E-state index in [1.807, 2.05) is 0 Å². The summed E-state index contributed by atoms with van der Waals surface area (Å²) in [6.45, 7) is 10.8. The zero-order chi connectivity index (χ0) is 17.7. The van der Waals surface area contributed by atoms with Gasteiger partial charge in [0.15, 0.2) is 5.44 Å². The van der Waals surface area contributed by atoms with E-state index in [9.17, 15) is 13.5 Å². The van der Waals surface area contributed by atoms with Crippen LogP contribution in [-0.2, 0) is 14.6 Å². The minimum atomic E-state index is -3.73. The molecule has 0 aromatic heterocycles. The highest BCUT2D eigenvalue weighted by atomic mass is 32.2. The zero-order valence-corrected chi connectivity index (χ0v) is 16.3. The highest BCUT2D eigenvalue weighted by Gasteiger charge is 2.33. The molecule has 0 bridgehead atoms. The van der Waals surface area contributed by atoms with E-state index in [1.54, 1.807) is 18.2 Å². The fourth-order valence-corrected chi connectivity index (χ4v) is 5.85. The lowest BCUT2D eigenvalue weighted by atomic mass is 10.1. The lowest BCUT2D eigenvalue weighted by molar-refractivity contribution is 0.0316. The van der Waals surface area contributed by atoms with Crippen LogP contribution in [0.4, 0.5) is 0 Å². The van der Waals surface area contributed by atoms with Gasteiger partial charge in [-0.3, -0.25) is 0 Å². The van der Waals surface area contributed by atoms with Crippen molar-refractivity contribution in [1.82, 2.24) is 0 Å². The van der Waals surface area contributed by atoms with Gasteiger partial charge in [-0.15, -0.1) is 6.58 Å². The van der Waals surface area contributed by atoms with Gasteiger partial charge < -0.3 is 9.84 Å².